The molecule has 0 radical (unpaired) electrons. The molecule has 0 aliphatic carbocycles. The summed E-state index contributed by atoms with van der Waals surface area (Å²) in [4.78, 5) is 26.0. The third kappa shape index (κ3) is 3.35. The van der Waals surface area contributed by atoms with Gasteiger partial charge in [0.25, 0.3) is 0 Å². The van der Waals surface area contributed by atoms with E-state index in [-0.39, 0.29) is 6.03 Å². The lowest BCUT2D eigenvalue weighted by atomic mass is 10.2. The van der Waals surface area contributed by atoms with Crippen LogP contribution in [0.4, 0.5) is 16.2 Å². The highest BCUT2D eigenvalue weighted by Crippen LogP contribution is 2.32. The maximum atomic E-state index is 12.7. The fourth-order valence-corrected chi connectivity index (χ4v) is 2.61. The Kier molecular flexibility index (Phi) is 4.74. The maximum absolute atomic E-state index is 12.7. The van der Waals surface area contributed by atoms with Crippen molar-refractivity contribution in [3.63, 3.8) is 0 Å². The van der Waals surface area contributed by atoms with Gasteiger partial charge in [-0.15, -0.1) is 0 Å². The Morgan fingerprint density at radius 3 is 2.72 bits per heavy atom. The topological polar surface area (TPSA) is 77.1 Å². The number of carbonyl (C=O) groups is 2. The van der Waals surface area contributed by atoms with Crippen molar-refractivity contribution in [2.45, 2.75) is 0 Å². The summed E-state index contributed by atoms with van der Waals surface area (Å²) in [5, 5.41) is 2.79. The van der Waals surface area contributed by atoms with Gasteiger partial charge in [-0.3, -0.25) is 4.90 Å². The highest BCUT2D eigenvalue weighted by Gasteiger charge is 2.24. The zero-order valence-corrected chi connectivity index (χ0v) is 13.9. The molecule has 0 saturated carbocycles. The number of nitrogens with zero attached hydrogens (tertiary/aromatic N) is 1. The Morgan fingerprint density at radius 2 is 1.96 bits per heavy atom. The molecule has 0 bridgehead atoms. The standard InChI is InChI=1S/C18H18N2O5/c1-23-15-8-7-12(17(21)24-2)11-13(15)19-18(22)20-9-10-25-16-6-4-3-5-14(16)20/h3-8,11H,9-10H2,1-2H3,(H,19,22). The van der Waals surface area contributed by atoms with Gasteiger partial charge in [-0.25, -0.2) is 9.59 Å². The summed E-state index contributed by atoms with van der Waals surface area (Å²) in [7, 11) is 2.79. The zero-order valence-electron chi connectivity index (χ0n) is 13.9. The van der Waals surface area contributed by atoms with Gasteiger partial charge < -0.3 is 19.5 Å². The van der Waals surface area contributed by atoms with Crippen molar-refractivity contribution in [3.05, 3.63) is 48.0 Å². The number of benzene rings is 2. The number of hydrogen-bond acceptors (Lipinski definition) is 5. The minimum atomic E-state index is -0.491. The fraction of sp³-hybridized carbons (Fsp3) is 0.222. The Bertz CT molecular complexity index is 806. The third-order valence-electron chi connectivity index (χ3n) is 3.84. The maximum Gasteiger partial charge on any atom is 0.337 e. The molecule has 130 valence electrons. The predicted molar refractivity (Wildman–Crippen MR) is 92.6 cm³/mol. The van der Waals surface area contributed by atoms with Crippen LogP contribution in [0.15, 0.2) is 42.5 Å². The third-order valence-corrected chi connectivity index (χ3v) is 3.84. The van der Waals surface area contributed by atoms with Crippen LogP contribution in [0.1, 0.15) is 10.4 Å². The van der Waals surface area contributed by atoms with Crippen molar-refractivity contribution in [1.82, 2.24) is 0 Å². The second-order valence-corrected chi connectivity index (χ2v) is 5.30. The first-order chi connectivity index (χ1) is 12.1. The molecule has 2 amide bonds. The minimum absolute atomic E-state index is 0.320. The number of methoxy groups -OCH3 is 2. The summed E-state index contributed by atoms with van der Waals surface area (Å²) in [5.41, 5.74) is 1.40. The molecule has 0 atom stereocenters. The minimum Gasteiger partial charge on any atom is -0.495 e. The number of carbonyl (C=O) groups excluding carboxylic acids is 2. The van der Waals surface area contributed by atoms with Gasteiger partial charge >= 0.3 is 12.0 Å². The van der Waals surface area contributed by atoms with Crippen LogP contribution >= 0.6 is 0 Å². The lowest BCUT2D eigenvalue weighted by Gasteiger charge is -2.29. The summed E-state index contributed by atoms with van der Waals surface area (Å²) >= 11 is 0. The number of fused-ring (bicyclic) bond motifs is 1. The first kappa shape index (κ1) is 16.6. The molecule has 0 saturated heterocycles. The second-order valence-electron chi connectivity index (χ2n) is 5.30. The molecule has 7 heteroatoms. The second kappa shape index (κ2) is 7.12. The highest BCUT2D eigenvalue weighted by atomic mass is 16.5. The smallest absolute Gasteiger partial charge is 0.337 e. The van der Waals surface area contributed by atoms with Crippen LogP contribution in [0.3, 0.4) is 0 Å². The summed E-state index contributed by atoms with van der Waals surface area (Å²) in [5.74, 6) is 0.608. The van der Waals surface area contributed by atoms with E-state index in [1.54, 1.807) is 17.0 Å². The molecule has 1 heterocycles. The fourth-order valence-electron chi connectivity index (χ4n) is 2.61. The Labute approximate surface area is 145 Å². The number of esters is 1. The first-order valence-electron chi connectivity index (χ1n) is 7.70. The van der Waals surface area contributed by atoms with Crippen molar-refractivity contribution in [2.24, 2.45) is 0 Å². The van der Waals surface area contributed by atoms with E-state index in [2.05, 4.69) is 5.32 Å². The Balaban J connectivity index is 1.87. The average molecular weight is 342 g/mol. The molecule has 0 fully saturated rings. The van der Waals surface area contributed by atoms with Gasteiger partial charge in [-0.05, 0) is 30.3 Å². The number of urea groups is 1. The molecule has 0 aromatic heterocycles. The normalized spacial score (nSPS) is 12.6. The quantitative estimate of drug-likeness (QED) is 0.868. The molecule has 3 rings (SSSR count). The van der Waals surface area contributed by atoms with E-state index in [9.17, 15) is 9.59 Å². The lowest BCUT2D eigenvalue weighted by Crippen LogP contribution is -2.40. The van der Waals surface area contributed by atoms with E-state index < -0.39 is 5.97 Å². The zero-order chi connectivity index (χ0) is 17.8. The summed E-state index contributed by atoms with van der Waals surface area (Å²) < 4.78 is 15.5. The van der Waals surface area contributed by atoms with Crippen LogP contribution < -0.4 is 19.7 Å². The van der Waals surface area contributed by atoms with E-state index in [0.29, 0.717) is 41.6 Å². The van der Waals surface area contributed by atoms with E-state index >= 15 is 0 Å². The number of ether oxygens (including phenoxy) is 3. The van der Waals surface area contributed by atoms with Crippen molar-refractivity contribution in [2.75, 3.05) is 37.6 Å². The molecule has 1 aliphatic rings. The van der Waals surface area contributed by atoms with Crippen molar-refractivity contribution in [1.29, 1.82) is 0 Å². The molecule has 1 N–H and O–H groups in total. The van der Waals surface area contributed by atoms with E-state index in [1.165, 1.54) is 20.3 Å². The van der Waals surface area contributed by atoms with E-state index in [4.69, 9.17) is 14.2 Å². The predicted octanol–water partition coefficient (Wildman–Crippen LogP) is 2.91. The van der Waals surface area contributed by atoms with Crippen molar-refractivity contribution < 1.29 is 23.8 Å². The molecule has 7 nitrogen and oxygen atoms in total. The SMILES string of the molecule is COC(=O)c1ccc(OC)c(NC(=O)N2CCOc3ccccc32)c1. The Hall–Kier alpha value is -3.22. The monoisotopic (exact) mass is 342 g/mol. The first-order valence-corrected chi connectivity index (χ1v) is 7.70. The lowest BCUT2D eigenvalue weighted by molar-refractivity contribution is 0.0600. The summed E-state index contributed by atoms with van der Waals surface area (Å²) in [6.07, 6.45) is 0. The van der Waals surface area contributed by atoms with Gasteiger partial charge in [0, 0.05) is 0 Å². The number of rotatable bonds is 3. The van der Waals surface area contributed by atoms with Gasteiger partial charge in [-0.1, -0.05) is 12.1 Å². The molecule has 2 aromatic rings. The molecule has 25 heavy (non-hydrogen) atoms. The molecule has 1 aliphatic heterocycles. The highest BCUT2D eigenvalue weighted by molar-refractivity contribution is 6.04. The summed E-state index contributed by atoms with van der Waals surface area (Å²) in [6, 6.07) is 11.7. The molecular formula is C18H18N2O5. The number of amides is 2. The molecule has 0 unspecified atom stereocenters. The number of hydrogen-bond donors (Lipinski definition) is 1. The number of nitrogens with one attached hydrogen (secondary N) is 1. The van der Waals surface area contributed by atoms with Gasteiger partial charge in [-0.2, -0.15) is 0 Å². The Morgan fingerprint density at radius 1 is 1.16 bits per heavy atom. The van der Waals surface area contributed by atoms with Crippen LogP contribution in [-0.4, -0.2) is 39.4 Å². The van der Waals surface area contributed by atoms with Gasteiger partial charge in [0.2, 0.25) is 0 Å². The van der Waals surface area contributed by atoms with Crippen LogP contribution in [0.2, 0.25) is 0 Å². The van der Waals surface area contributed by atoms with E-state index in [0.717, 1.165) is 0 Å². The number of anilines is 2. The van der Waals surface area contributed by atoms with E-state index in [1.807, 2.05) is 24.3 Å². The summed E-state index contributed by atoms with van der Waals surface area (Å²) in [6.45, 7) is 0.825. The largest absolute Gasteiger partial charge is 0.495 e. The number of para-hydroxylation sites is 2. The molecule has 0 spiro atoms. The van der Waals surface area contributed by atoms with Crippen LogP contribution in [0, 0.1) is 0 Å². The average Bonchev–Trinajstić information content (AvgIpc) is 2.66. The molecular weight excluding hydrogens is 324 g/mol. The van der Waals surface area contributed by atoms with Gasteiger partial charge in [0.15, 0.2) is 0 Å². The molecule has 2 aromatic carbocycles. The van der Waals surface area contributed by atoms with Gasteiger partial charge in [0.1, 0.15) is 18.1 Å². The van der Waals surface area contributed by atoms with Crippen molar-refractivity contribution >= 4 is 23.4 Å². The van der Waals surface area contributed by atoms with Crippen LogP contribution in [0.25, 0.3) is 0 Å². The van der Waals surface area contributed by atoms with Crippen LogP contribution in [-0.2, 0) is 4.74 Å². The van der Waals surface area contributed by atoms with Crippen molar-refractivity contribution in [3.8, 4) is 11.5 Å². The van der Waals surface area contributed by atoms with Gasteiger partial charge in [0.05, 0.1) is 37.7 Å². The van der Waals surface area contributed by atoms with Crippen LogP contribution in [0.5, 0.6) is 11.5 Å².